The number of hydrogen-bond acceptors (Lipinski definition) is 3. The first-order chi connectivity index (χ1) is 7.71. The third-order valence-electron chi connectivity index (χ3n) is 2.65. The minimum atomic E-state index is -0.775. The summed E-state index contributed by atoms with van der Waals surface area (Å²) in [6.45, 7) is 7.35. The Labute approximate surface area is 101 Å². The number of nitrogens with two attached hydrogens (primary N) is 1. The van der Waals surface area contributed by atoms with Gasteiger partial charge in [-0.3, -0.25) is 0 Å². The number of phenolic OH excluding ortho intramolecular Hbond substituents is 1. The smallest absolute Gasteiger partial charge is 0.405 e. The van der Waals surface area contributed by atoms with E-state index in [-0.39, 0.29) is 5.75 Å². The molecule has 4 heteroatoms. The molecule has 0 saturated heterocycles. The number of aromatic hydroxyl groups is 1. The van der Waals surface area contributed by atoms with Crippen molar-refractivity contribution >= 4 is 6.09 Å². The van der Waals surface area contributed by atoms with Crippen molar-refractivity contribution in [2.45, 2.75) is 39.7 Å². The van der Waals surface area contributed by atoms with Crippen molar-refractivity contribution in [1.82, 2.24) is 0 Å². The van der Waals surface area contributed by atoms with E-state index >= 15 is 0 Å². The van der Waals surface area contributed by atoms with Crippen LogP contribution < -0.4 is 5.73 Å². The van der Waals surface area contributed by atoms with Gasteiger partial charge in [-0.15, -0.1) is 0 Å². The predicted octanol–water partition coefficient (Wildman–Crippen LogP) is 2.43. The summed E-state index contributed by atoms with van der Waals surface area (Å²) in [5, 5.41) is 9.56. The molecule has 4 nitrogen and oxygen atoms in total. The fraction of sp³-hybridized carbons (Fsp3) is 0.462. The summed E-state index contributed by atoms with van der Waals surface area (Å²) in [5.41, 5.74) is 7.18. The van der Waals surface area contributed by atoms with Crippen molar-refractivity contribution in [3.63, 3.8) is 0 Å². The number of phenols is 1. The molecule has 0 aromatic heterocycles. The Balaban J connectivity index is 2.95. The molecule has 0 bridgehead atoms. The molecule has 0 heterocycles. The average Bonchev–Trinajstić information content (AvgIpc) is 2.11. The van der Waals surface area contributed by atoms with E-state index < -0.39 is 11.7 Å². The van der Waals surface area contributed by atoms with Crippen LogP contribution in [0, 0.1) is 13.8 Å². The summed E-state index contributed by atoms with van der Waals surface area (Å²) in [6, 6.07) is 3.61. The minimum absolute atomic E-state index is 0.278. The average molecular weight is 237 g/mol. The standard InChI is InChI=1S/C13H19NO3/c1-8-6-11(15)9(2)5-10(8)7-13(3,4)17-12(14)16/h5-6,15H,7H2,1-4H3,(H2,14,16). The summed E-state index contributed by atoms with van der Waals surface area (Å²) in [7, 11) is 0. The van der Waals surface area contributed by atoms with Gasteiger partial charge in [-0.2, -0.15) is 0 Å². The summed E-state index contributed by atoms with van der Waals surface area (Å²) in [5.74, 6) is 0.278. The molecule has 0 spiro atoms. The fourth-order valence-electron chi connectivity index (χ4n) is 1.82. The zero-order chi connectivity index (χ0) is 13.2. The number of hydrogen-bond donors (Lipinski definition) is 2. The lowest BCUT2D eigenvalue weighted by molar-refractivity contribution is 0.0459. The van der Waals surface area contributed by atoms with Gasteiger partial charge in [-0.25, -0.2) is 4.79 Å². The van der Waals surface area contributed by atoms with E-state index in [0.29, 0.717) is 6.42 Å². The Morgan fingerprint density at radius 2 is 1.94 bits per heavy atom. The van der Waals surface area contributed by atoms with Crippen LogP contribution >= 0.6 is 0 Å². The van der Waals surface area contributed by atoms with E-state index in [1.54, 1.807) is 19.9 Å². The molecule has 0 aliphatic rings. The van der Waals surface area contributed by atoms with Crippen LogP contribution in [-0.2, 0) is 11.2 Å². The zero-order valence-electron chi connectivity index (χ0n) is 10.7. The maximum Gasteiger partial charge on any atom is 0.405 e. The number of carbonyl (C=O) groups excluding carboxylic acids is 1. The maximum absolute atomic E-state index is 10.8. The molecule has 0 saturated carbocycles. The number of primary amides is 1. The number of rotatable bonds is 3. The molecule has 17 heavy (non-hydrogen) atoms. The number of ether oxygens (including phenoxy) is 1. The van der Waals surface area contributed by atoms with Crippen LogP contribution in [-0.4, -0.2) is 16.8 Å². The second kappa shape index (κ2) is 4.65. The highest BCUT2D eigenvalue weighted by molar-refractivity contribution is 5.65. The Kier molecular flexibility index (Phi) is 3.66. The summed E-state index contributed by atoms with van der Waals surface area (Å²) < 4.78 is 5.04. The van der Waals surface area contributed by atoms with Crippen molar-refractivity contribution < 1.29 is 14.6 Å². The molecule has 0 atom stereocenters. The molecule has 1 rings (SSSR count). The highest BCUT2D eigenvalue weighted by Gasteiger charge is 2.23. The van der Waals surface area contributed by atoms with Gasteiger partial charge in [0.05, 0.1) is 0 Å². The second-order valence-corrected chi connectivity index (χ2v) is 4.92. The lowest BCUT2D eigenvalue weighted by Gasteiger charge is -2.25. The largest absolute Gasteiger partial charge is 0.508 e. The topological polar surface area (TPSA) is 72.5 Å². The van der Waals surface area contributed by atoms with Gasteiger partial charge < -0.3 is 15.6 Å². The molecular formula is C13H19NO3. The first-order valence-electron chi connectivity index (χ1n) is 5.49. The van der Waals surface area contributed by atoms with Gasteiger partial charge in [-0.05, 0) is 50.5 Å². The van der Waals surface area contributed by atoms with E-state index in [9.17, 15) is 9.90 Å². The van der Waals surface area contributed by atoms with E-state index in [2.05, 4.69) is 0 Å². The number of carbonyl (C=O) groups is 1. The Morgan fingerprint density at radius 1 is 1.35 bits per heavy atom. The van der Waals surface area contributed by atoms with Gasteiger partial charge in [0.15, 0.2) is 0 Å². The molecule has 0 aliphatic carbocycles. The number of amides is 1. The molecule has 0 fully saturated rings. The van der Waals surface area contributed by atoms with E-state index in [4.69, 9.17) is 10.5 Å². The summed E-state index contributed by atoms with van der Waals surface area (Å²) in [4.78, 5) is 10.8. The van der Waals surface area contributed by atoms with Crippen molar-refractivity contribution in [3.8, 4) is 5.75 Å². The highest BCUT2D eigenvalue weighted by Crippen LogP contribution is 2.25. The monoisotopic (exact) mass is 237 g/mol. The molecule has 1 amide bonds. The van der Waals surface area contributed by atoms with E-state index in [1.165, 1.54) is 0 Å². The van der Waals surface area contributed by atoms with Crippen LogP contribution in [0.25, 0.3) is 0 Å². The molecule has 0 radical (unpaired) electrons. The van der Waals surface area contributed by atoms with Gasteiger partial charge in [-0.1, -0.05) is 6.07 Å². The lowest BCUT2D eigenvalue weighted by Crippen LogP contribution is -2.33. The Morgan fingerprint density at radius 3 is 2.47 bits per heavy atom. The van der Waals surface area contributed by atoms with Crippen molar-refractivity contribution in [2.24, 2.45) is 5.73 Å². The van der Waals surface area contributed by atoms with Gasteiger partial charge in [0.2, 0.25) is 0 Å². The molecule has 0 aliphatic heterocycles. The van der Waals surface area contributed by atoms with Crippen LogP contribution in [0.15, 0.2) is 12.1 Å². The van der Waals surface area contributed by atoms with Crippen molar-refractivity contribution in [1.29, 1.82) is 0 Å². The minimum Gasteiger partial charge on any atom is -0.508 e. The quantitative estimate of drug-likeness (QED) is 0.848. The lowest BCUT2D eigenvalue weighted by atomic mass is 9.93. The third kappa shape index (κ3) is 3.66. The van der Waals surface area contributed by atoms with Crippen LogP contribution in [0.4, 0.5) is 4.79 Å². The Hall–Kier alpha value is -1.71. The predicted molar refractivity (Wildman–Crippen MR) is 66.0 cm³/mol. The van der Waals surface area contributed by atoms with Crippen molar-refractivity contribution in [2.75, 3.05) is 0 Å². The number of aryl methyl sites for hydroxylation is 2. The van der Waals surface area contributed by atoms with Crippen molar-refractivity contribution in [3.05, 3.63) is 28.8 Å². The van der Waals surface area contributed by atoms with Crippen LogP contribution in [0.1, 0.15) is 30.5 Å². The molecular weight excluding hydrogens is 218 g/mol. The van der Waals surface area contributed by atoms with Gasteiger partial charge >= 0.3 is 6.09 Å². The molecule has 1 aromatic rings. The van der Waals surface area contributed by atoms with Crippen LogP contribution in [0.5, 0.6) is 5.75 Å². The van der Waals surface area contributed by atoms with Gasteiger partial charge in [0, 0.05) is 6.42 Å². The molecule has 1 aromatic carbocycles. The maximum atomic E-state index is 10.8. The van der Waals surface area contributed by atoms with Crippen LogP contribution in [0.2, 0.25) is 0 Å². The summed E-state index contributed by atoms with van der Waals surface area (Å²) >= 11 is 0. The molecule has 0 unspecified atom stereocenters. The molecule has 94 valence electrons. The van der Waals surface area contributed by atoms with E-state index in [0.717, 1.165) is 16.7 Å². The summed E-state index contributed by atoms with van der Waals surface area (Å²) in [6.07, 6.45) is -0.216. The fourth-order valence-corrected chi connectivity index (χ4v) is 1.82. The normalized spacial score (nSPS) is 11.3. The zero-order valence-corrected chi connectivity index (χ0v) is 10.7. The highest BCUT2D eigenvalue weighted by atomic mass is 16.6. The molecule has 3 N–H and O–H groups in total. The van der Waals surface area contributed by atoms with Gasteiger partial charge in [0.1, 0.15) is 11.4 Å². The Bertz CT molecular complexity index is 439. The number of benzene rings is 1. The third-order valence-corrected chi connectivity index (χ3v) is 2.65. The first-order valence-corrected chi connectivity index (χ1v) is 5.49. The van der Waals surface area contributed by atoms with Gasteiger partial charge in [0.25, 0.3) is 0 Å². The first kappa shape index (κ1) is 13.4. The van der Waals surface area contributed by atoms with E-state index in [1.807, 2.05) is 19.9 Å². The van der Waals surface area contributed by atoms with Crippen LogP contribution in [0.3, 0.4) is 0 Å². The SMILES string of the molecule is Cc1cc(CC(C)(C)OC(N)=O)c(C)cc1O. The second-order valence-electron chi connectivity index (χ2n) is 4.92.